The zero-order valence-electron chi connectivity index (χ0n) is 15.9. The molecule has 0 aliphatic heterocycles. The molecule has 6 heteroatoms. The minimum atomic E-state index is -0.160. The molecule has 0 saturated carbocycles. The van der Waals surface area contributed by atoms with Crippen molar-refractivity contribution < 1.29 is 13.7 Å². The second-order valence-electron chi connectivity index (χ2n) is 7.65. The number of nitrogens with one attached hydrogen (secondary N) is 1. The average molecular weight is 355 g/mol. The molecule has 0 saturated heterocycles. The predicted octanol–water partition coefficient (Wildman–Crippen LogP) is 4.35. The van der Waals surface area contributed by atoms with Gasteiger partial charge in [-0.05, 0) is 26.1 Å². The maximum atomic E-state index is 12.3. The lowest BCUT2D eigenvalue weighted by Crippen LogP contribution is -2.32. The molecular weight excluding hydrogens is 330 g/mol. The lowest BCUT2D eigenvalue weighted by Gasteiger charge is -2.21. The van der Waals surface area contributed by atoms with E-state index in [1.54, 1.807) is 6.07 Å². The lowest BCUT2D eigenvalue weighted by molar-refractivity contribution is -0.117. The summed E-state index contributed by atoms with van der Waals surface area (Å²) in [6.07, 6.45) is 0. The second-order valence-corrected chi connectivity index (χ2v) is 7.65. The molecule has 1 atom stereocenters. The van der Waals surface area contributed by atoms with E-state index in [-0.39, 0.29) is 23.9 Å². The number of aromatic nitrogens is 1. The first-order valence-corrected chi connectivity index (χ1v) is 8.70. The molecule has 0 spiro atoms. The van der Waals surface area contributed by atoms with Crippen molar-refractivity contribution in [3.8, 4) is 0 Å². The number of benzene rings is 1. The Morgan fingerprint density at radius 2 is 2.00 bits per heavy atom. The first-order chi connectivity index (χ1) is 12.2. The summed E-state index contributed by atoms with van der Waals surface area (Å²) in [4.78, 5) is 14.2. The monoisotopic (exact) mass is 355 g/mol. The molecule has 138 valence electrons. The highest BCUT2D eigenvalue weighted by molar-refractivity contribution is 5.91. The van der Waals surface area contributed by atoms with Gasteiger partial charge in [0.25, 0.3) is 0 Å². The number of para-hydroxylation sites is 1. The largest absolute Gasteiger partial charge is 0.459 e. The van der Waals surface area contributed by atoms with Crippen molar-refractivity contribution in [3.05, 3.63) is 47.9 Å². The van der Waals surface area contributed by atoms with Crippen LogP contribution in [0, 0.1) is 0 Å². The van der Waals surface area contributed by atoms with Gasteiger partial charge in [0.05, 0.1) is 18.3 Å². The summed E-state index contributed by atoms with van der Waals surface area (Å²) in [7, 11) is 1.89. The highest BCUT2D eigenvalue weighted by Gasteiger charge is 2.21. The Labute approximate surface area is 153 Å². The fourth-order valence-corrected chi connectivity index (χ4v) is 2.65. The van der Waals surface area contributed by atoms with Crippen molar-refractivity contribution in [2.24, 2.45) is 0 Å². The predicted molar refractivity (Wildman–Crippen MR) is 101 cm³/mol. The quantitative estimate of drug-likeness (QED) is 0.737. The standard InChI is InChI=1S/C20H25N3O3/c1-13(16-10-14-8-6-7-9-15(14)25-16)23(5)12-18(24)21-19-11-17(22-26-19)20(2,3)4/h6-11,13H,12H2,1-5H3,(H,21,24). The summed E-state index contributed by atoms with van der Waals surface area (Å²) in [5, 5.41) is 7.83. The summed E-state index contributed by atoms with van der Waals surface area (Å²) in [5.41, 5.74) is 1.53. The summed E-state index contributed by atoms with van der Waals surface area (Å²) >= 11 is 0. The van der Waals surface area contributed by atoms with E-state index in [9.17, 15) is 4.79 Å². The van der Waals surface area contributed by atoms with Crippen LogP contribution in [0.25, 0.3) is 11.0 Å². The zero-order chi connectivity index (χ0) is 18.9. The third kappa shape index (κ3) is 3.96. The van der Waals surface area contributed by atoms with Crippen molar-refractivity contribution in [2.45, 2.75) is 39.2 Å². The molecular formula is C20H25N3O3. The SMILES string of the molecule is CC(c1cc2ccccc2o1)N(C)CC(=O)Nc1cc(C(C)(C)C)no1. The number of fused-ring (bicyclic) bond motifs is 1. The Balaban J connectivity index is 1.62. The number of rotatable bonds is 5. The van der Waals surface area contributed by atoms with Gasteiger partial charge in [0.1, 0.15) is 11.3 Å². The molecule has 1 N–H and O–H groups in total. The average Bonchev–Trinajstić information content (AvgIpc) is 3.19. The molecule has 0 bridgehead atoms. The number of carbonyl (C=O) groups is 1. The van der Waals surface area contributed by atoms with Crippen LogP contribution < -0.4 is 5.32 Å². The summed E-state index contributed by atoms with van der Waals surface area (Å²) < 4.78 is 11.1. The maximum absolute atomic E-state index is 12.3. The molecule has 0 radical (unpaired) electrons. The van der Waals surface area contributed by atoms with E-state index >= 15 is 0 Å². The Kier molecular flexibility index (Phi) is 4.87. The fraction of sp³-hybridized carbons (Fsp3) is 0.400. The molecule has 26 heavy (non-hydrogen) atoms. The molecule has 0 aliphatic rings. The van der Waals surface area contributed by atoms with Crippen molar-refractivity contribution in [2.75, 3.05) is 18.9 Å². The smallest absolute Gasteiger partial charge is 0.240 e. The van der Waals surface area contributed by atoms with Crippen molar-refractivity contribution in [1.82, 2.24) is 10.1 Å². The molecule has 3 rings (SSSR count). The van der Waals surface area contributed by atoms with Gasteiger partial charge < -0.3 is 8.94 Å². The Morgan fingerprint density at radius 3 is 2.65 bits per heavy atom. The minimum Gasteiger partial charge on any atom is -0.459 e. The number of amides is 1. The summed E-state index contributed by atoms with van der Waals surface area (Å²) in [5.74, 6) is 1.04. The normalized spacial score (nSPS) is 13.3. The number of hydrogen-bond donors (Lipinski definition) is 1. The van der Waals surface area contributed by atoms with Crippen LogP contribution in [0.4, 0.5) is 5.88 Å². The van der Waals surface area contributed by atoms with E-state index < -0.39 is 0 Å². The van der Waals surface area contributed by atoms with Gasteiger partial charge >= 0.3 is 0 Å². The number of furan rings is 1. The van der Waals surface area contributed by atoms with E-state index in [1.807, 2.05) is 70.0 Å². The Bertz CT molecular complexity index is 871. The Morgan fingerprint density at radius 1 is 1.27 bits per heavy atom. The zero-order valence-corrected chi connectivity index (χ0v) is 15.9. The van der Waals surface area contributed by atoms with Gasteiger partial charge in [-0.25, -0.2) is 0 Å². The van der Waals surface area contributed by atoms with Crippen LogP contribution in [-0.2, 0) is 10.2 Å². The second kappa shape index (κ2) is 6.96. The van der Waals surface area contributed by atoms with E-state index in [0.29, 0.717) is 5.88 Å². The summed E-state index contributed by atoms with van der Waals surface area (Å²) in [6, 6.07) is 11.6. The van der Waals surface area contributed by atoms with Gasteiger partial charge in [-0.3, -0.25) is 15.0 Å². The first-order valence-electron chi connectivity index (χ1n) is 8.70. The van der Waals surface area contributed by atoms with Crippen LogP contribution in [-0.4, -0.2) is 29.6 Å². The molecule has 1 aromatic carbocycles. The van der Waals surface area contributed by atoms with Gasteiger partial charge in [0, 0.05) is 16.9 Å². The van der Waals surface area contributed by atoms with E-state index in [4.69, 9.17) is 8.94 Å². The van der Waals surface area contributed by atoms with Crippen LogP contribution in [0.5, 0.6) is 0 Å². The third-order valence-electron chi connectivity index (χ3n) is 4.45. The number of carbonyl (C=O) groups excluding carboxylic acids is 1. The van der Waals surface area contributed by atoms with Gasteiger partial charge in [0.15, 0.2) is 0 Å². The highest BCUT2D eigenvalue weighted by Crippen LogP contribution is 2.27. The van der Waals surface area contributed by atoms with Crippen LogP contribution in [0.3, 0.4) is 0 Å². The van der Waals surface area contributed by atoms with Crippen LogP contribution in [0.15, 0.2) is 45.3 Å². The molecule has 1 unspecified atom stereocenters. The third-order valence-corrected chi connectivity index (χ3v) is 4.45. The molecule has 6 nitrogen and oxygen atoms in total. The topological polar surface area (TPSA) is 71.5 Å². The Hall–Kier alpha value is -2.60. The van der Waals surface area contributed by atoms with E-state index in [1.165, 1.54) is 0 Å². The molecule has 0 aliphatic carbocycles. The van der Waals surface area contributed by atoms with Crippen LogP contribution >= 0.6 is 0 Å². The number of nitrogens with zero attached hydrogens (tertiary/aromatic N) is 2. The first kappa shape index (κ1) is 18.2. The molecule has 3 aromatic rings. The van der Waals surface area contributed by atoms with Crippen LogP contribution in [0.2, 0.25) is 0 Å². The van der Waals surface area contributed by atoms with Crippen LogP contribution in [0.1, 0.15) is 45.2 Å². The van der Waals surface area contributed by atoms with Gasteiger partial charge in [-0.15, -0.1) is 0 Å². The molecule has 1 amide bonds. The van der Waals surface area contributed by atoms with Gasteiger partial charge in [-0.1, -0.05) is 44.1 Å². The van der Waals surface area contributed by atoms with Gasteiger partial charge in [-0.2, -0.15) is 0 Å². The number of anilines is 1. The van der Waals surface area contributed by atoms with E-state index in [2.05, 4.69) is 10.5 Å². The van der Waals surface area contributed by atoms with E-state index in [0.717, 1.165) is 22.4 Å². The number of likely N-dealkylation sites (N-methyl/N-ethyl adjacent to an activating group) is 1. The minimum absolute atomic E-state index is 0.0342. The molecule has 0 fully saturated rings. The summed E-state index contributed by atoms with van der Waals surface area (Å²) in [6.45, 7) is 8.35. The van der Waals surface area contributed by atoms with Crippen molar-refractivity contribution >= 4 is 22.8 Å². The van der Waals surface area contributed by atoms with Crippen molar-refractivity contribution in [1.29, 1.82) is 0 Å². The highest BCUT2D eigenvalue weighted by atomic mass is 16.5. The molecule has 2 heterocycles. The molecule has 2 aromatic heterocycles. The fourth-order valence-electron chi connectivity index (χ4n) is 2.65. The lowest BCUT2D eigenvalue weighted by atomic mass is 9.92. The number of hydrogen-bond acceptors (Lipinski definition) is 5. The van der Waals surface area contributed by atoms with Gasteiger partial charge in [0.2, 0.25) is 11.8 Å². The van der Waals surface area contributed by atoms with Crippen molar-refractivity contribution in [3.63, 3.8) is 0 Å². The maximum Gasteiger partial charge on any atom is 0.240 e.